The van der Waals surface area contributed by atoms with E-state index in [1.54, 1.807) is 5.57 Å². The minimum Gasteiger partial charge on any atom is -0.299 e. The molecule has 0 heterocycles. The number of rotatable bonds is 0. The Morgan fingerprint density at radius 1 is 1.25 bits per heavy atom. The lowest BCUT2D eigenvalue weighted by Crippen LogP contribution is -2.42. The molecule has 0 aliphatic heterocycles. The highest BCUT2D eigenvalue weighted by molar-refractivity contribution is 5.87. The molecule has 4 aliphatic carbocycles. The van der Waals surface area contributed by atoms with Gasteiger partial charge in [0, 0.05) is 17.3 Å². The van der Waals surface area contributed by atoms with E-state index in [1.165, 1.54) is 18.4 Å². The average Bonchev–Trinajstić information content (AvgIpc) is 2.74. The van der Waals surface area contributed by atoms with Gasteiger partial charge < -0.3 is 0 Å². The van der Waals surface area contributed by atoms with Crippen molar-refractivity contribution < 1.29 is 4.79 Å². The lowest BCUT2D eigenvalue weighted by molar-refractivity contribution is -0.127. The van der Waals surface area contributed by atoms with E-state index in [9.17, 15) is 4.79 Å². The third-order valence-electron chi connectivity index (χ3n) is 6.74. The standard InChI is InChI=1S/C19H24O/c1-18-11-4-3-5-13(18)6-7-14-15-8-9-17(20)19(15,2)12-10-16(14)18/h3,5-6,10,14-15H,4,7-9,11-12H2,1-2H3/t14-,15-,18-,19-/m0/s1. The summed E-state index contributed by atoms with van der Waals surface area (Å²) in [6, 6.07) is 0. The van der Waals surface area contributed by atoms with Crippen molar-refractivity contribution in [2.24, 2.45) is 22.7 Å². The molecule has 0 spiro atoms. The number of fused-ring (bicyclic) bond motifs is 5. The third-order valence-corrected chi connectivity index (χ3v) is 6.74. The van der Waals surface area contributed by atoms with E-state index in [0.29, 0.717) is 17.6 Å². The molecular weight excluding hydrogens is 244 g/mol. The van der Waals surface area contributed by atoms with Gasteiger partial charge in [-0.1, -0.05) is 43.7 Å². The Kier molecular flexibility index (Phi) is 2.50. The topological polar surface area (TPSA) is 17.1 Å². The lowest BCUT2D eigenvalue weighted by Gasteiger charge is -2.50. The van der Waals surface area contributed by atoms with Crippen molar-refractivity contribution in [1.82, 2.24) is 0 Å². The van der Waals surface area contributed by atoms with Crippen molar-refractivity contribution in [1.29, 1.82) is 0 Å². The maximum atomic E-state index is 12.3. The first-order valence-electron chi connectivity index (χ1n) is 8.17. The van der Waals surface area contributed by atoms with Crippen LogP contribution in [0.4, 0.5) is 0 Å². The van der Waals surface area contributed by atoms with Gasteiger partial charge in [0.15, 0.2) is 0 Å². The number of hydrogen-bond acceptors (Lipinski definition) is 1. The first kappa shape index (κ1) is 12.6. The molecule has 1 saturated carbocycles. The van der Waals surface area contributed by atoms with Gasteiger partial charge in [0.25, 0.3) is 0 Å². The number of carbonyl (C=O) groups is 1. The van der Waals surface area contributed by atoms with Gasteiger partial charge in [-0.2, -0.15) is 0 Å². The number of Topliss-reactive ketones (excluding diaryl/α,β-unsaturated/α-hetero) is 1. The van der Waals surface area contributed by atoms with Gasteiger partial charge in [-0.15, -0.1) is 0 Å². The summed E-state index contributed by atoms with van der Waals surface area (Å²) in [5.74, 6) is 1.73. The molecule has 1 heteroatoms. The van der Waals surface area contributed by atoms with Gasteiger partial charge in [0.1, 0.15) is 5.78 Å². The van der Waals surface area contributed by atoms with Gasteiger partial charge in [-0.25, -0.2) is 0 Å². The minimum atomic E-state index is -0.0552. The molecule has 0 N–H and O–H groups in total. The smallest absolute Gasteiger partial charge is 0.139 e. The van der Waals surface area contributed by atoms with E-state index in [1.807, 2.05) is 0 Å². The van der Waals surface area contributed by atoms with Crippen LogP contribution in [0, 0.1) is 22.7 Å². The molecule has 4 aliphatic rings. The van der Waals surface area contributed by atoms with Gasteiger partial charge in [-0.05, 0) is 49.5 Å². The second kappa shape index (κ2) is 3.96. The highest BCUT2D eigenvalue weighted by Crippen LogP contribution is 2.60. The molecule has 106 valence electrons. The SMILES string of the molecule is C[C@]12CCC=CC1=CC[C@@H]1C2=CC[C@]2(C)C(=O)CC[C@@H]12. The maximum Gasteiger partial charge on any atom is 0.139 e. The van der Waals surface area contributed by atoms with Crippen molar-refractivity contribution >= 4 is 5.78 Å². The molecule has 0 amide bonds. The Hall–Kier alpha value is -1.11. The first-order chi connectivity index (χ1) is 9.56. The Bertz CT molecular complexity index is 564. The fraction of sp³-hybridized carbons (Fsp3) is 0.632. The monoisotopic (exact) mass is 268 g/mol. The summed E-state index contributed by atoms with van der Waals surface area (Å²) in [7, 11) is 0. The highest BCUT2D eigenvalue weighted by Gasteiger charge is 2.54. The zero-order valence-corrected chi connectivity index (χ0v) is 12.6. The number of carbonyl (C=O) groups excluding carboxylic acids is 1. The molecule has 0 aromatic carbocycles. The van der Waals surface area contributed by atoms with Crippen LogP contribution in [0.3, 0.4) is 0 Å². The van der Waals surface area contributed by atoms with Crippen molar-refractivity contribution in [2.75, 3.05) is 0 Å². The maximum absolute atomic E-state index is 12.3. The summed E-state index contributed by atoms with van der Waals surface area (Å²) in [5, 5.41) is 0. The fourth-order valence-electron chi connectivity index (χ4n) is 5.39. The molecule has 1 fully saturated rings. The van der Waals surface area contributed by atoms with Crippen LogP contribution in [0.25, 0.3) is 0 Å². The molecule has 0 unspecified atom stereocenters. The zero-order valence-electron chi connectivity index (χ0n) is 12.6. The summed E-state index contributed by atoms with van der Waals surface area (Å²) in [5.41, 5.74) is 3.39. The largest absolute Gasteiger partial charge is 0.299 e. The molecule has 0 bridgehead atoms. The lowest BCUT2D eigenvalue weighted by atomic mass is 9.53. The van der Waals surface area contributed by atoms with Crippen LogP contribution in [-0.4, -0.2) is 5.78 Å². The van der Waals surface area contributed by atoms with Crippen molar-refractivity contribution in [2.45, 2.75) is 52.4 Å². The Labute approximate surface area is 121 Å². The molecule has 1 nitrogen and oxygen atoms in total. The summed E-state index contributed by atoms with van der Waals surface area (Å²) in [4.78, 5) is 12.3. The number of hydrogen-bond donors (Lipinski definition) is 0. The predicted octanol–water partition coefficient (Wildman–Crippen LogP) is 4.60. The molecule has 0 aromatic rings. The van der Waals surface area contributed by atoms with Crippen LogP contribution in [0.15, 0.2) is 35.5 Å². The van der Waals surface area contributed by atoms with Gasteiger partial charge in [-0.3, -0.25) is 4.79 Å². The van der Waals surface area contributed by atoms with Crippen LogP contribution >= 0.6 is 0 Å². The van der Waals surface area contributed by atoms with Crippen LogP contribution < -0.4 is 0 Å². The number of allylic oxidation sites excluding steroid dienone is 6. The van der Waals surface area contributed by atoms with E-state index >= 15 is 0 Å². The molecular formula is C19H24O. The average molecular weight is 268 g/mol. The van der Waals surface area contributed by atoms with Gasteiger partial charge in [0.2, 0.25) is 0 Å². The molecule has 20 heavy (non-hydrogen) atoms. The third kappa shape index (κ3) is 1.42. The summed E-state index contributed by atoms with van der Waals surface area (Å²) < 4.78 is 0. The molecule has 4 rings (SSSR count). The zero-order chi connectivity index (χ0) is 14.0. The van der Waals surface area contributed by atoms with Gasteiger partial charge >= 0.3 is 0 Å². The van der Waals surface area contributed by atoms with Crippen LogP contribution in [0.1, 0.15) is 52.4 Å². The van der Waals surface area contributed by atoms with E-state index in [0.717, 1.165) is 25.7 Å². The van der Waals surface area contributed by atoms with E-state index in [-0.39, 0.29) is 10.8 Å². The number of ketones is 1. The Morgan fingerprint density at radius 2 is 2.10 bits per heavy atom. The van der Waals surface area contributed by atoms with E-state index in [4.69, 9.17) is 0 Å². The van der Waals surface area contributed by atoms with Crippen molar-refractivity contribution in [3.8, 4) is 0 Å². The van der Waals surface area contributed by atoms with Crippen molar-refractivity contribution in [3.05, 3.63) is 35.5 Å². The first-order valence-corrected chi connectivity index (χ1v) is 8.17. The summed E-state index contributed by atoms with van der Waals surface area (Å²) >= 11 is 0. The Balaban J connectivity index is 1.80. The van der Waals surface area contributed by atoms with E-state index < -0.39 is 0 Å². The fourth-order valence-corrected chi connectivity index (χ4v) is 5.39. The van der Waals surface area contributed by atoms with Gasteiger partial charge in [0.05, 0.1) is 0 Å². The second-order valence-corrected chi connectivity index (χ2v) is 7.62. The highest BCUT2D eigenvalue weighted by atomic mass is 16.1. The normalized spacial score (nSPS) is 46.2. The molecule has 0 aromatic heterocycles. The van der Waals surface area contributed by atoms with E-state index in [2.05, 4.69) is 38.2 Å². The van der Waals surface area contributed by atoms with Crippen LogP contribution in [0.2, 0.25) is 0 Å². The van der Waals surface area contributed by atoms with Crippen LogP contribution in [-0.2, 0) is 4.79 Å². The van der Waals surface area contributed by atoms with Crippen LogP contribution in [0.5, 0.6) is 0 Å². The van der Waals surface area contributed by atoms with Crippen molar-refractivity contribution in [3.63, 3.8) is 0 Å². The summed E-state index contributed by atoms with van der Waals surface area (Å²) in [6.45, 7) is 4.66. The molecule has 0 saturated heterocycles. The molecule has 0 radical (unpaired) electrons. The minimum absolute atomic E-state index is 0.0552. The second-order valence-electron chi connectivity index (χ2n) is 7.62. The summed E-state index contributed by atoms with van der Waals surface area (Å²) in [6.07, 6.45) is 16.1. The molecule has 4 atom stereocenters. The quantitative estimate of drug-likeness (QED) is 0.587. The predicted molar refractivity (Wildman–Crippen MR) is 81.2 cm³/mol. The Morgan fingerprint density at radius 3 is 2.95 bits per heavy atom.